The summed E-state index contributed by atoms with van der Waals surface area (Å²) in [5.74, 6) is 0.674. The second kappa shape index (κ2) is 9.24. The normalized spacial score (nSPS) is 10.7. The summed E-state index contributed by atoms with van der Waals surface area (Å²) >= 11 is 0. The maximum atomic E-state index is 13.0. The summed E-state index contributed by atoms with van der Waals surface area (Å²) in [4.78, 5) is 19.3. The first-order valence-electron chi connectivity index (χ1n) is 9.70. The fraction of sp³-hybridized carbons (Fsp3) is 0.250. The monoisotopic (exact) mass is 389 g/mol. The van der Waals surface area contributed by atoms with E-state index < -0.39 is 0 Å². The first-order chi connectivity index (χ1) is 14.0. The lowest BCUT2D eigenvalue weighted by molar-refractivity contribution is 0.0684. The molecule has 29 heavy (non-hydrogen) atoms. The molecule has 0 spiro atoms. The number of nitrogens with zero attached hydrogens (tertiary/aromatic N) is 2. The minimum absolute atomic E-state index is 0.0684. The van der Waals surface area contributed by atoms with E-state index in [0.29, 0.717) is 12.2 Å². The van der Waals surface area contributed by atoms with Gasteiger partial charge in [0.2, 0.25) is 0 Å². The molecule has 0 saturated carbocycles. The minimum atomic E-state index is -0.0801. The molecular formula is C24H27N3O2. The zero-order valence-electron chi connectivity index (χ0n) is 17.3. The van der Waals surface area contributed by atoms with Gasteiger partial charge in [-0.05, 0) is 56.2 Å². The SMILES string of the molecule is COc1ccc(C)cc1Nc1ccc(C(=O)N(Cc2ccccc2)C(C)C)nc1. The number of pyridine rings is 1. The predicted octanol–water partition coefficient (Wildman–Crippen LogP) is 5.19. The van der Waals surface area contributed by atoms with Crippen molar-refractivity contribution in [2.24, 2.45) is 0 Å². The summed E-state index contributed by atoms with van der Waals surface area (Å²) < 4.78 is 5.41. The van der Waals surface area contributed by atoms with E-state index in [9.17, 15) is 4.79 Å². The zero-order chi connectivity index (χ0) is 20.8. The minimum Gasteiger partial charge on any atom is -0.495 e. The molecule has 0 fully saturated rings. The summed E-state index contributed by atoms with van der Waals surface area (Å²) in [6.07, 6.45) is 1.68. The van der Waals surface area contributed by atoms with E-state index >= 15 is 0 Å². The predicted molar refractivity (Wildman–Crippen MR) is 117 cm³/mol. The average Bonchev–Trinajstić information content (AvgIpc) is 2.73. The third-order valence-corrected chi connectivity index (χ3v) is 4.70. The van der Waals surface area contributed by atoms with Gasteiger partial charge in [-0.1, -0.05) is 36.4 Å². The lowest BCUT2D eigenvalue weighted by Gasteiger charge is -2.26. The molecule has 1 amide bonds. The molecule has 5 nitrogen and oxygen atoms in total. The van der Waals surface area contributed by atoms with Crippen LogP contribution in [0.15, 0.2) is 66.9 Å². The number of rotatable bonds is 7. The lowest BCUT2D eigenvalue weighted by Crippen LogP contribution is -2.36. The molecule has 0 unspecified atom stereocenters. The van der Waals surface area contributed by atoms with E-state index in [1.165, 1.54) is 0 Å². The van der Waals surface area contributed by atoms with Gasteiger partial charge in [-0.15, -0.1) is 0 Å². The van der Waals surface area contributed by atoms with Crippen LogP contribution in [0, 0.1) is 6.92 Å². The van der Waals surface area contributed by atoms with Gasteiger partial charge in [-0.25, -0.2) is 4.98 Å². The number of benzene rings is 2. The number of ether oxygens (including phenoxy) is 1. The summed E-state index contributed by atoms with van der Waals surface area (Å²) in [5.41, 5.74) is 4.31. The summed E-state index contributed by atoms with van der Waals surface area (Å²) in [6, 6.07) is 19.6. The van der Waals surface area contributed by atoms with Gasteiger partial charge >= 0.3 is 0 Å². The number of hydrogen-bond acceptors (Lipinski definition) is 4. The maximum absolute atomic E-state index is 13.0. The molecule has 0 saturated heterocycles. The van der Waals surface area contributed by atoms with Crippen molar-refractivity contribution in [1.82, 2.24) is 9.88 Å². The van der Waals surface area contributed by atoms with Gasteiger partial charge in [0.05, 0.1) is 24.7 Å². The number of anilines is 2. The van der Waals surface area contributed by atoms with Gasteiger partial charge in [0.15, 0.2) is 0 Å². The summed E-state index contributed by atoms with van der Waals surface area (Å²) in [6.45, 7) is 6.61. The topological polar surface area (TPSA) is 54.5 Å². The third-order valence-electron chi connectivity index (χ3n) is 4.70. The van der Waals surface area contributed by atoms with Crippen LogP contribution in [-0.4, -0.2) is 28.9 Å². The van der Waals surface area contributed by atoms with Crippen LogP contribution in [0.1, 0.15) is 35.5 Å². The zero-order valence-corrected chi connectivity index (χ0v) is 17.3. The number of methoxy groups -OCH3 is 1. The summed E-state index contributed by atoms with van der Waals surface area (Å²) in [7, 11) is 1.64. The quantitative estimate of drug-likeness (QED) is 0.604. The molecule has 3 aromatic rings. The van der Waals surface area contributed by atoms with Gasteiger partial charge in [0, 0.05) is 12.6 Å². The standard InChI is InChI=1S/C24H27N3O2/c1-17(2)27(16-19-8-6-5-7-9-19)24(28)21-12-11-20(15-25-21)26-22-14-18(3)10-13-23(22)29-4/h5-15,17,26H,16H2,1-4H3. The van der Waals surface area contributed by atoms with Gasteiger partial charge in [0.1, 0.15) is 11.4 Å². The molecule has 3 rings (SSSR count). The molecule has 2 aromatic carbocycles. The van der Waals surface area contributed by atoms with Crippen molar-refractivity contribution in [1.29, 1.82) is 0 Å². The van der Waals surface area contributed by atoms with Crippen molar-refractivity contribution in [2.45, 2.75) is 33.4 Å². The average molecular weight is 389 g/mol. The Bertz CT molecular complexity index is 954. The Labute approximate surface area is 172 Å². The van der Waals surface area contributed by atoms with Crippen LogP contribution in [0.25, 0.3) is 0 Å². The Balaban J connectivity index is 1.76. The first-order valence-corrected chi connectivity index (χ1v) is 9.70. The van der Waals surface area contributed by atoms with E-state index in [-0.39, 0.29) is 11.9 Å². The molecule has 150 valence electrons. The van der Waals surface area contributed by atoms with E-state index in [0.717, 1.165) is 28.3 Å². The number of aromatic nitrogens is 1. The number of nitrogens with one attached hydrogen (secondary N) is 1. The Morgan fingerprint density at radius 2 is 1.86 bits per heavy atom. The molecular weight excluding hydrogens is 362 g/mol. The van der Waals surface area contributed by atoms with Crippen LogP contribution in [0.2, 0.25) is 0 Å². The van der Waals surface area contributed by atoms with Crippen molar-refractivity contribution < 1.29 is 9.53 Å². The van der Waals surface area contributed by atoms with Gasteiger partial charge in [-0.3, -0.25) is 4.79 Å². The van der Waals surface area contributed by atoms with Gasteiger partial charge in [0.25, 0.3) is 5.91 Å². The fourth-order valence-corrected chi connectivity index (χ4v) is 3.09. The highest BCUT2D eigenvalue weighted by Gasteiger charge is 2.20. The smallest absolute Gasteiger partial charge is 0.272 e. The molecule has 0 aliphatic carbocycles. The van der Waals surface area contributed by atoms with Crippen LogP contribution >= 0.6 is 0 Å². The highest BCUT2D eigenvalue weighted by atomic mass is 16.5. The second-order valence-corrected chi connectivity index (χ2v) is 7.27. The molecule has 0 radical (unpaired) electrons. The van der Waals surface area contributed by atoms with Gasteiger partial charge < -0.3 is 15.0 Å². The van der Waals surface area contributed by atoms with Crippen molar-refractivity contribution >= 4 is 17.3 Å². The molecule has 1 N–H and O–H groups in total. The van der Waals surface area contributed by atoms with E-state index in [2.05, 4.69) is 10.3 Å². The van der Waals surface area contributed by atoms with E-state index in [1.807, 2.05) is 80.3 Å². The number of amides is 1. The van der Waals surface area contributed by atoms with Crippen molar-refractivity contribution in [3.63, 3.8) is 0 Å². The maximum Gasteiger partial charge on any atom is 0.272 e. The van der Waals surface area contributed by atoms with Crippen LogP contribution in [0.5, 0.6) is 5.75 Å². The Kier molecular flexibility index (Phi) is 6.50. The molecule has 1 heterocycles. The van der Waals surface area contributed by atoms with E-state index in [1.54, 1.807) is 19.4 Å². The number of aryl methyl sites for hydroxylation is 1. The number of carbonyl (C=O) groups excluding carboxylic acids is 1. The molecule has 5 heteroatoms. The Morgan fingerprint density at radius 1 is 1.10 bits per heavy atom. The third kappa shape index (κ3) is 5.13. The largest absolute Gasteiger partial charge is 0.495 e. The molecule has 0 aliphatic rings. The van der Waals surface area contributed by atoms with Crippen molar-refractivity contribution in [3.8, 4) is 5.75 Å². The van der Waals surface area contributed by atoms with Gasteiger partial charge in [-0.2, -0.15) is 0 Å². The molecule has 1 aromatic heterocycles. The second-order valence-electron chi connectivity index (χ2n) is 7.27. The highest BCUT2D eigenvalue weighted by Crippen LogP contribution is 2.28. The van der Waals surface area contributed by atoms with Crippen LogP contribution in [0.4, 0.5) is 11.4 Å². The lowest BCUT2D eigenvalue weighted by atomic mass is 10.1. The Morgan fingerprint density at radius 3 is 2.48 bits per heavy atom. The molecule has 0 bridgehead atoms. The van der Waals surface area contributed by atoms with E-state index in [4.69, 9.17) is 4.74 Å². The fourth-order valence-electron chi connectivity index (χ4n) is 3.09. The Hall–Kier alpha value is -3.34. The van der Waals surface area contributed by atoms with Crippen molar-refractivity contribution in [3.05, 3.63) is 83.7 Å². The van der Waals surface area contributed by atoms with Crippen molar-refractivity contribution in [2.75, 3.05) is 12.4 Å². The molecule has 0 aliphatic heterocycles. The molecule has 0 atom stereocenters. The van der Waals surface area contributed by atoms with Crippen LogP contribution < -0.4 is 10.1 Å². The number of hydrogen-bond donors (Lipinski definition) is 1. The van der Waals surface area contributed by atoms with Crippen LogP contribution in [-0.2, 0) is 6.54 Å². The first kappa shape index (κ1) is 20.4. The highest BCUT2D eigenvalue weighted by molar-refractivity contribution is 5.92. The van der Waals surface area contributed by atoms with Crippen LogP contribution in [0.3, 0.4) is 0 Å². The number of carbonyl (C=O) groups is 1. The summed E-state index contributed by atoms with van der Waals surface area (Å²) in [5, 5.41) is 3.31.